The van der Waals surface area contributed by atoms with E-state index >= 15 is 0 Å². The summed E-state index contributed by atoms with van der Waals surface area (Å²) in [5.74, 6) is 12.0. The van der Waals surface area contributed by atoms with E-state index in [0.29, 0.717) is 0 Å². The maximum atomic E-state index is 4.30. The van der Waals surface area contributed by atoms with E-state index in [1.807, 2.05) is 0 Å². The molecule has 4 saturated carbocycles. The van der Waals surface area contributed by atoms with Crippen LogP contribution < -0.4 is 0 Å². The minimum atomic E-state index is -0.461. The van der Waals surface area contributed by atoms with E-state index in [0.717, 1.165) is 23.4 Å². The maximum absolute atomic E-state index is 4.30. The molecule has 0 unspecified atom stereocenters. The Hall–Kier alpha value is -0.375. The second-order valence-electron chi connectivity index (χ2n) is 10.5. The smallest absolute Gasteiger partial charge is 0.0796 e. The van der Waals surface area contributed by atoms with Crippen LogP contribution in [0.2, 0.25) is 17.5 Å². The third-order valence-electron chi connectivity index (χ3n) is 9.18. The Balaban J connectivity index is 1.69. The first-order chi connectivity index (χ1) is 12.9. The van der Waals surface area contributed by atoms with Gasteiger partial charge in [-0.05, 0) is 12.8 Å². The molecule has 4 aliphatic rings. The topological polar surface area (TPSA) is 0 Å². The summed E-state index contributed by atoms with van der Waals surface area (Å²) < 4.78 is 0. The highest BCUT2D eigenvalue weighted by molar-refractivity contribution is 6.91. The lowest BCUT2D eigenvalue weighted by molar-refractivity contribution is 0.421. The molecule has 4 rings (SSSR count). The Kier molecular flexibility index (Phi) is 6.72. The summed E-state index contributed by atoms with van der Waals surface area (Å²) in [5, 5.41) is 0. The maximum Gasteiger partial charge on any atom is 0.0796 e. The number of hydrogen-bond donors (Lipinski definition) is 0. The van der Waals surface area contributed by atoms with Crippen LogP contribution >= 0.6 is 0 Å². The van der Waals surface area contributed by atoms with Crippen molar-refractivity contribution in [3.05, 3.63) is 0 Å². The van der Waals surface area contributed by atoms with Gasteiger partial charge in [-0.2, -0.15) is 17.5 Å². The van der Waals surface area contributed by atoms with Crippen molar-refractivity contribution in [2.24, 2.45) is 5.92 Å². The average molecular weight is 353 g/mol. The van der Waals surface area contributed by atoms with Gasteiger partial charge >= 0.3 is 0 Å². The fourth-order valence-corrected chi connectivity index (χ4v) is 7.90. The molecule has 0 nitrogen and oxygen atoms in total. The van der Waals surface area contributed by atoms with Crippen LogP contribution in [0.1, 0.15) is 122 Å². The van der Waals surface area contributed by atoms with Crippen molar-refractivity contribution in [1.82, 2.24) is 0 Å². The molecule has 0 aliphatic heterocycles. The van der Waals surface area contributed by atoms with E-state index in [-0.39, 0.29) is 0 Å². The third kappa shape index (κ3) is 4.05. The summed E-state index contributed by atoms with van der Waals surface area (Å²) in [6.07, 6.45) is 27.8. The van der Waals surface area contributed by atoms with Gasteiger partial charge in [-0.3, -0.25) is 0 Å². The van der Waals surface area contributed by atoms with Crippen LogP contribution in [0.4, 0.5) is 0 Å². The van der Waals surface area contributed by atoms with Crippen molar-refractivity contribution in [3.8, 4) is 11.7 Å². The zero-order valence-electron chi connectivity index (χ0n) is 17.3. The molecule has 0 aromatic carbocycles. The molecule has 4 aliphatic carbocycles. The van der Waals surface area contributed by atoms with Crippen molar-refractivity contribution < 1.29 is 0 Å². The quantitative estimate of drug-likeness (QED) is 0.354. The Morgan fingerprint density at radius 2 is 0.769 bits per heavy atom. The van der Waals surface area contributed by atoms with Gasteiger partial charge in [0.1, 0.15) is 0 Å². The Labute approximate surface area is 163 Å². The molecular weight excluding hydrogens is 311 g/mol. The molecule has 0 bridgehead atoms. The van der Waals surface area contributed by atoms with Crippen LogP contribution in [0.15, 0.2) is 0 Å². The van der Waals surface area contributed by atoms with Gasteiger partial charge in [-0.1, -0.05) is 109 Å². The van der Waals surface area contributed by atoms with E-state index < -0.39 is 6.15 Å². The summed E-state index contributed by atoms with van der Waals surface area (Å²) in [7, 11) is 0. The van der Waals surface area contributed by atoms with Gasteiger partial charge in [-0.15, -0.1) is 5.92 Å². The molecule has 0 aromatic rings. The largest absolute Gasteiger partial charge is 0.314 e. The molecule has 0 atom stereocenters. The van der Waals surface area contributed by atoms with Crippen molar-refractivity contribution in [1.29, 1.82) is 0 Å². The molecule has 4 fully saturated rings. The summed E-state index contributed by atoms with van der Waals surface area (Å²) >= 11 is 0. The molecule has 26 heavy (non-hydrogen) atoms. The van der Waals surface area contributed by atoms with Crippen LogP contribution in [0.5, 0.6) is 0 Å². The first-order valence-electron chi connectivity index (χ1n) is 12.6. The summed E-state index contributed by atoms with van der Waals surface area (Å²) in [5.41, 5.74) is 0. The monoisotopic (exact) mass is 353 g/mol. The minimum absolute atomic E-state index is 0.461. The molecule has 0 N–H and O–H groups in total. The van der Waals surface area contributed by atoms with Gasteiger partial charge < -0.3 is 5.82 Å². The predicted octanol–water partition coefficient (Wildman–Crippen LogP) is 8.17. The van der Waals surface area contributed by atoms with Crippen LogP contribution in [-0.2, 0) is 0 Å². The van der Waals surface area contributed by atoms with Crippen LogP contribution in [0.3, 0.4) is 0 Å². The average Bonchev–Trinajstić information content (AvgIpc) is 3.25. The lowest BCUT2D eigenvalue weighted by Gasteiger charge is -2.57. The van der Waals surface area contributed by atoms with Gasteiger partial charge in [0, 0.05) is 5.92 Å². The fraction of sp³-hybridized carbons (Fsp3) is 0.920. The summed E-state index contributed by atoms with van der Waals surface area (Å²) in [4.78, 5) is 0. The predicted molar refractivity (Wildman–Crippen MR) is 116 cm³/mol. The minimum Gasteiger partial charge on any atom is -0.314 e. The standard InChI is InChI=1S/C25H42B/c1-4-14-23(15-5-1)26(24-16-6-2-7-17-24,25-18-8-3-9-19-25)21-20-22-12-10-11-13-22/h22-25H,1-19H2/q-1. The Bertz CT molecular complexity index is 428. The van der Waals surface area contributed by atoms with E-state index in [1.165, 1.54) is 122 Å². The Morgan fingerprint density at radius 3 is 1.15 bits per heavy atom. The first kappa shape index (κ1) is 19.0. The van der Waals surface area contributed by atoms with E-state index in [2.05, 4.69) is 11.7 Å². The van der Waals surface area contributed by atoms with Crippen molar-refractivity contribution in [2.75, 3.05) is 0 Å². The molecule has 0 radical (unpaired) electrons. The van der Waals surface area contributed by atoms with Crippen molar-refractivity contribution in [2.45, 2.75) is 139 Å². The fourth-order valence-electron chi connectivity index (χ4n) is 7.90. The SMILES string of the molecule is C(#C[B-](C1CCCCC1)(C1CCCCC1)C1CCCCC1)C1CCCC1. The highest BCUT2D eigenvalue weighted by Crippen LogP contribution is 2.56. The number of rotatable bonds is 3. The van der Waals surface area contributed by atoms with Gasteiger partial charge in [0.25, 0.3) is 0 Å². The molecule has 0 amide bonds. The molecule has 0 aromatic heterocycles. The molecule has 0 spiro atoms. The van der Waals surface area contributed by atoms with E-state index in [4.69, 9.17) is 0 Å². The van der Waals surface area contributed by atoms with Crippen LogP contribution in [-0.4, -0.2) is 6.15 Å². The molecule has 1 heteroatoms. The van der Waals surface area contributed by atoms with Gasteiger partial charge in [-0.25, -0.2) is 0 Å². The van der Waals surface area contributed by atoms with Crippen molar-refractivity contribution >= 4 is 6.15 Å². The highest BCUT2D eigenvalue weighted by Gasteiger charge is 2.44. The molecule has 0 saturated heterocycles. The van der Waals surface area contributed by atoms with Crippen molar-refractivity contribution in [3.63, 3.8) is 0 Å². The van der Waals surface area contributed by atoms with E-state index in [1.54, 1.807) is 0 Å². The van der Waals surface area contributed by atoms with E-state index in [9.17, 15) is 0 Å². The molecule has 0 heterocycles. The second-order valence-corrected chi connectivity index (χ2v) is 10.5. The Morgan fingerprint density at radius 1 is 0.423 bits per heavy atom. The first-order valence-corrected chi connectivity index (χ1v) is 12.6. The van der Waals surface area contributed by atoms with Crippen LogP contribution in [0, 0.1) is 17.7 Å². The van der Waals surface area contributed by atoms with Crippen LogP contribution in [0.25, 0.3) is 0 Å². The molecule has 146 valence electrons. The lowest BCUT2D eigenvalue weighted by atomic mass is 9.06. The summed E-state index contributed by atoms with van der Waals surface area (Å²) in [6.45, 7) is 0. The lowest BCUT2D eigenvalue weighted by Crippen LogP contribution is -2.50. The normalized spacial score (nSPS) is 28.0. The summed E-state index contributed by atoms with van der Waals surface area (Å²) in [6, 6.07) is 0. The zero-order valence-corrected chi connectivity index (χ0v) is 17.3. The molecular formula is C25H42B-. The number of hydrogen-bond acceptors (Lipinski definition) is 0. The van der Waals surface area contributed by atoms with Gasteiger partial charge in [0.2, 0.25) is 0 Å². The van der Waals surface area contributed by atoms with Gasteiger partial charge in [0.05, 0.1) is 6.15 Å². The second kappa shape index (κ2) is 9.21. The third-order valence-corrected chi connectivity index (χ3v) is 9.18. The highest BCUT2D eigenvalue weighted by atomic mass is 14.3. The van der Waals surface area contributed by atoms with Gasteiger partial charge in [0.15, 0.2) is 0 Å². The zero-order chi connectivity index (χ0) is 17.7.